The van der Waals surface area contributed by atoms with Crippen molar-refractivity contribution in [3.63, 3.8) is 0 Å². The number of nitrogens with zero attached hydrogens (tertiary/aromatic N) is 2. The molecule has 1 aliphatic heterocycles. The molecule has 1 N–H and O–H groups in total. The summed E-state index contributed by atoms with van der Waals surface area (Å²) in [7, 11) is 0. The molecule has 1 fully saturated rings. The monoisotopic (exact) mass is 269 g/mol. The lowest BCUT2D eigenvalue weighted by Gasteiger charge is -2.26. The van der Waals surface area contributed by atoms with E-state index in [1.54, 1.807) is 11.3 Å². The van der Waals surface area contributed by atoms with E-state index in [1.165, 1.54) is 38.0 Å². The van der Waals surface area contributed by atoms with Crippen LogP contribution in [0.5, 0.6) is 0 Å². The number of hydrogen-bond acceptors (Lipinski definition) is 4. The van der Waals surface area contributed by atoms with E-state index in [4.69, 9.17) is 0 Å². The topological polar surface area (TPSA) is 28.2 Å². The maximum atomic E-state index is 4.58. The van der Waals surface area contributed by atoms with Crippen LogP contribution in [0.3, 0.4) is 0 Å². The molecular weight excluding hydrogens is 242 g/mol. The third-order valence-corrected chi connectivity index (χ3v) is 4.08. The van der Waals surface area contributed by atoms with Crippen molar-refractivity contribution in [1.29, 1.82) is 0 Å². The Kier molecular flexibility index (Phi) is 6.65. The lowest BCUT2D eigenvalue weighted by atomic mass is 10.1. The van der Waals surface area contributed by atoms with Crippen molar-refractivity contribution in [2.75, 3.05) is 31.5 Å². The molecule has 0 aliphatic carbocycles. The maximum Gasteiger partial charge on any atom is 0.182 e. The first kappa shape index (κ1) is 15.4. The molecule has 0 bridgehead atoms. The summed E-state index contributed by atoms with van der Waals surface area (Å²) in [6.45, 7) is 9.09. The van der Waals surface area contributed by atoms with Crippen molar-refractivity contribution < 1.29 is 0 Å². The average Bonchev–Trinajstić information content (AvgIpc) is 2.79. The normalized spacial score (nSPS) is 16.6. The summed E-state index contributed by atoms with van der Waals surface area (Å²) in [6.07, 6.45) is 4.15. The second-order valence-corrected chi connectivity index (χ2v) is 5.92. The fraction of sp³-hybridized carbons (Fsp3) is 0.786. The van der Waals surface area contributed by atoms with E-state index in [0.29, 0.717) is 5.92 Å². The van der Waals surface area contributed by atoms with Crippen LogP contribution in [0, 0.1) is 0 Å². The highest BCUT2D eigenvalue weighted by Crippen LogP contribution is 2.21. The molecule has 2 rings (SSSR count). The van der Waals surface area contributed by atoms with Gasteiger partial charge in [0.15, 0.2) is 5.13 Å². The Hall–Kier alpha value is -0.610. The predicted octanol–water partition coefficient (Wildman–Crippen LogP) is 3.80. The summed E-state index contributed by atoms with van der Waals surface area (Å²) in [6, 6.07) is 0. The highest BCUT2D eigenvalue weighted by Gasteiger charge is 2.09. The Morgan fingerprint density at radius 3 is 2.67 bits per heavy atom. The van der Waals surface area contributed by atoms with Crippen LogP contribution < -0.4 is 5.32 Å². The average molecular weight is 269 g/mol. The van der Waals surface area contributed by atoms with E-state index in [2.05, 4.69) is 34.4 Å². The van der Waals surface area contributed by atoms with Gasteiger partial charge >= 0.3 is 0 Å². The number of aromatic nitrogens is 1. The molecule has 0 atom stereocenters. The third-order valence-electron chi connectivity index (χ3n) is 3.27. The molecule has 18 heavy (non-hydrogen) atoms. The highest BCUT2D eigenvalue weighted by atomic mass is 32.1. The van der Waals surface area contributed by atoms with Gasteiger partial charge in [0.1, 0.15) is 0 Å². The van der Waals surface area contributed by atoms with E-state index < -0.39 is 0 Å². The fourth-order valence-electron chi connectivity index (χ4n) is 2.14. The molecule has 1 saturated heterocycles. The van der Waals surface area contributed by atoms with Crippen molar-refractivity contribution in [2.24, 2.45) is 0 Å². The number of anilines is 1. The van der Waals surface area contributed by atoms with Crippen LogP contribution in [0.15, 0.2) is 5.38 Å². The molecule has 104 valence electrons. The zero-order valence-corrected chi connectivity index (χ0v) is 11.7. The Balaban J connectivity index is 0.00000162. The quantitative estimate of drug-likeness (QED) is 0.881. The lowest BCUT2D eigenvalue weighted by molar-refractivity contribution is 0.237. The second-order valence-electron chi connectivity index (χ2n) is 5.06. The van der Waals surface area contributed by atoms with E-state index >= 15 is 0 Å². The van der Waals surface area contributed by atoms with Gasteiger partial charge in [0, 0.05) is 18.5 Å². The van der Waals surface area contributed by atoms with Crippen LogP contribution in [0.4, 0.5) is 5.13 Å². The zero-order chi connectivity index (χ0) is 12.1. The minimum atomic E-state index is 0. The standard InChI is InChI=1S/C13H23N3S.CH4/c1-11(2)12-10-17-13(15-12)14-6-9-16-7-4-3-5-8-16;/h10-11H,3-9H2,1-2H3,(H,14,15);1H4. The van der Waals surface area contributed by atoms with E-state index in [9.17, 15) is 0 Å². The molecule has 0 amide bonds. The van der Waals surface area contributed by atoms with Gasteiger partial charge in [0.25, 0.3) is 0 Å². The number of likely N-dealkylation sites (tertiary alicyclic amines) is 1. The molecule has 1 aromatic rings. The summed E-state index contributed by atoms with van der Waals surface area (Å²) < 4.78 is 0. The molecule has 0 saturated carbocycles. The molecule has 0 aromatic carbocycles. The molecule has 1 aromatic heterocycles. The van der Waals surface area contributed by atoms with Crippen LogP contribution in [0.2, 0.25) is 0 Å². The molecule has 2 heterocycles. The van der Waals surface area contributed by atoms with Crippen LogP contribution >= 0.6 is 11.3 Å². The van der Waals surface area contributed by atoms with Gasteiger partial charge in [-0.3, -0.25) is 0 Å². The van der Waals surface area contributed by atoms with Crippen LogP contribution in [-0.4, -0.2) is 36.1 Å². The van der Waals surface area contributed by atoms with Crippen LogP contribution in [-0.2, 0) is 0 Å². The van der Waals surface area contributed by atoms with Gasteiger partial charge in [0.2, 0.25) is 0 Å². The number of nitrogens with one attached hydrogen (secondary N) is 1. The van der Waals surface area contributed by atoms with Crippen molar-refractivity contribution >= 4 is 16.5 Å². The molecule has 0 radical (unpaired) electrons. The van der Waals surface area contributed by atoms with Crippen molar-refractivity contribution in [3.8, 4) is 0 Å². The van der Waals surface area contributed by atoms with E-state index in [0.717, 1.165) is 18.2 Å². The number of piperidine rings is 1. The van der Waals surface area contributed by atoms with E-state index in [1.807, 2.05) is 0 Å². The Morgan fingerprint density at radius 2 is 2.06 bits per heavy atom. The Morgan fingerprint density at radius 1 is 1.33 bits per heavy atom. The molecule has 4 heteroatoms. The number of hydrogen-bond donors (Lipinski definition) is 1. The summed E-state index contributed by atoms with van der Waals surface area (Å²) in [5, 5.41) is 6.67. The Labute approximate surface area is 116 Å². The number of thiazole rings is 1. The smallest absolute Gasteiger partial charge is 0.182 e. The molecule has 0 unspecified atom stereocenters. The molecule has 3 nitrogen and oxygen atoms in total. The fourth-order valence-corrected chi connectivity index (χ4v) is 3.04. The maximum absolute atomic E-state index is 4.58. The van der Waals surface area contributed by atoms with Crippen LogP contribution in [0.25, 0.3) is 0 Å². The van der Waals surface area contributed by atoms with Crippen molar-refractivity contribution in [1.82, 2.24) is 9.88 Å². The van der Waals surface area contributed by atoms with Crippen molar-refractivity contribution in [3.05, 3.63) is 11.1 Å². The van der Waals surface area contributed by atoms with Crippen molar-refractivity contribution in [2.45, 2.75) is 46.5 Å². The number of rotatable bonds is 5. The van der Waals surface area contributed by atoms with E-state index in [-0.39, 0.29) is 7.43 Å². The first-order valence-corrected chi connectivity index (χ1v) is 7.55. The largest absolute Gasteiger partial charge is 0.360 e. The molecule has 0 spiro atoms. The van der Waals surface area contributed by atoms with Gasteiger partial charge in [-0.25, -0.2) is 4.98 Å². The minimum absolute atomic E-state index is 0. The molecule has 1 aliphatic rings. The first-order chi connectivity index (χ1) is 8.25. The van der Waals surface area contributed by atoms with Crippen LogP contribution in [0.1, 0.15) is 52.1 Å². The summed E-state index contributed by atoms with van der Waals surface area (Å²) in [4.78, 5) is 7.13. The Bertz CT molecular complexity index is 330. The second kappa shape index (κ2) is 7.74. The van der Waals surface area contributed by atoms with Gasteiger partial charge in [-0.1, -0.05) is 27.7 Å². The van der Waals surface area contributed by atoms with Gasteiger partial charge in [-0.05, 0) is 31.8 Å². The molecular formula is C14H27N3S. The highest BCUT2D eigenvalue weighted by molar-refractivity contribution is 7.13. The summed E-state index contributed by atoms with van der Waals surface area (Å²) in [5.41, 5.74) is 1.20. The lowest BCUT2D eigenvalue weighted by Crippen LogP contribution is -2.33. The summed E-state index contributed by atoms with van der Waals surface area (Å²) in [5.74, 6) is 0.531. The van der Waals surface area contributed by atoms with Gasteiger partial charge in [-0.15, -0.1) is 11.3 Å². The van der Waals surface area contributed by atoms with Gasteiger partial charge < -0.3 is 10.2 Å². The zero-order valence-electron chi connectivity index (χ0n) is 10.9. The van der Waals surface area contributed by atoms with Gasteiger partial charge in [-0.2, -0.15) is 0 Å². The SMILES string of the molecule is C.CC(C)c1csc(NCCN2CCCCC2)n1. The third kappa shape index (κ3) is 4.58. The first-order valence-electron chi connectivity index (χ1n) is 6.67. The van der Waals surface area contributed by atoms with Gasteiger partial charge in [0.05, 0.1) is 5.69 Å². The minimum Gasteiger partial charge on any atom is -0.360 e. The summed E-state index contributed by atoms with van der Waals surface area (Å²) >= 11 is 1.72. The predicted molar refractivity (Wildman–Crippen MR) is 81.7 cm³/mol.